The van der Waals surface area contributed by atoms with Crippen molar-refractivity contribution in [3.63, 3.8) is 0 Å². The highest BCUT2D eigenvalue weighted by molar-refractivity contribution is 5.81. The van der Waals surface area contributed by atoms with Gasteiger partial charge in [0.2, 0.25) is 0 Å². The zero-order chi connectivity index (χ0) is 19.4. The summed E-state index contributed by atoms with van der Waals surface area (Å²) in [6, 6.07) is 11.8. The van der Waals surface area contributed by atoms with Crippen molar-refractivity contribution < 1.29 is 14.3 Å². The third-order valence-electron chi connectivity index (χ3n) is 4.53. The number of pyridine rings is 1. The van der Waals surface area contributed by atoms with Crippen LogP contribution in [-0.4, -0.2) is 34.5 Å². The van der Waals surface area contributed by atoms with Crippen LogP contribution in [0.25, 0.3) is 11.0 Å². The van der Waals surface area contributed by atoms with Gasteiger partial charge in [0, 0.05) is 17.0 Å². The molecule has 27 heavy (non-hydrogen) atoms. The van der Waals surface area contributed by atoms with Gasteiger partial charge in [-0.25, -0.2) is 9.67 Å². The summed E-state index contributed by atoms with van der Waals surface area (Å²) >= 11 is 0. The van der Waals surface area contributed by atoms with E-state index in [1.807, 2.05) is 61.9 Å². The molecule has 2 aromatic heterocycles. The molecule has 0 saturated carbocycles. The van der Waals surface area contributed by atoms with Crippen LogP contribution in [0.4, 0.5) is 0 Å². The summed E-state index contributed by atoms with van der Waals surface area (Å²) in [6.45, 7) is 6.80. The Morgan fingerprint density at radius 2 is 1.93 bits per heavy atom. The number of carbonyl (C=O) groups excluding carboxylic acids is 1. The Kier molecular flexibility index (Phi) is 5.44. The summed E-state index contributed by atoms with van der Waals surface area (Å²) in [5.74, 6) is 0.600. The average molecular weight is 367 g/mol. The minimum atomic E-state index is -0.460. The number of aromatic nitrogens is 3. The first-order chi connectivity index (χ1) is 12.9. The molecule has 0 bridgehead atoms. The summed E-state index contributed by atoms with van der Waals surface area (Å²) in [4.78, 5) is 16.6. The van der Waals surface area contributed by atoms with Crippen LogP contribution < -0.4 is 4.74 Å². The van der Waals surface area contributed by atoms with Gasteiger partial charge in [0.1, 0.15) is 5.75 Å². The van der Waals surface area contributed by atoms with Crippen molar-refractivity contribution in [3.8, 4) is 5.75 Å². The third kappa shape index (κ3) is 4.10. The quantitative estimate of drug-likeness (QED) is 0.596. The van der Waals surface area contributed by atoms with Crippen molar-refractivity contribution in [1.29, 1.82) is 0 Å². The molecule has 0 radical (unpaired) electrons. The molecule has 0 aliphatic rings. The molecule has 0 aliphatic heterocycles. The number of nitrogens with zero attached hydrogens (tertiary/aromatic N) is 3. The van der Waals surface area contributed by atoms with Crippen LogP contribution in [-0.2, 0) is 21.5 Å². The summed E-state index contributed by atoms with van der Waals surface area (Å²) in [5, 5.41) is 5.79. The minimum Gasteiger partial charge on any atom is -0.497 e. The monoisotopic (exact) mass is 367 g/mol. The lowest BCUT2D eigenvalue weighted by atomic mass is 9.84. The van der Waals surface area contributed by atoms with E-state index >= 15 is 0 Å². The molecule has 6 nitrogen and oxygen atoms in total. The van der Waals surface area contributed by atoms with E-state index in [9.17, 15) is 4.79 Å². The highest BCUT2D eigenvalue weighted by Gasteiger charge is 2.30. The van der Waals surface area contributed by atoms with Gasteiger partial charge in [-0.05, 0) is 36.8 Å². The average Bonchev–Trinajstić information content (AvgIpc) is 3.02. The molecule has 0 saturated heterocycles. The summed E-state index contributed by atoms with van der Waals surface area (Å²) < 4.78 is 12.2. The van der Waals surface area contributed by atoms with Crippen molar-refractivity contribution in [2.45, 2.75) is 39.2 Å². The Morgan fingerprint density at radius 3 is 2.59 bits per heavy atom. The summed E-state index contributed by atoms with van der Waals surface area (Å²) in [7, 11) is 1.65. The van der Waals surface area contributed by atoms with Crippen molar-refractivity contribution in [3.05, 3.63) is 53.9 Å². The molecule has 0 spiro atoms. The fourth-order valence-corrected chi connectivity index (χ4v) is 3.18. The first-order valence-corrected chi connectivity index (χ1v) is 9.05. The summed E-state index contributed by atoms with van der Waals surface area (Å²) in [5.41, 5.74) is 2.30. The molecule has 3 aromatic rings. The fourth-order valence-electron chi connectivity index (χ4n) is 3.18. The Morgan fingerprint density at radius 1 is 1.19 bits per heavy atom. The molecule has 142 valence electrons. The predicted molar refractivity (Wildman–Crippen MR) is 104 cm³/mol. The first-order valence-electron chi connectivity index (χ1n) is 9.05. The van der Waals surface area contributed by atoms with Crippen molar-refractivity contribution in [1.82, 2.24) is 14.8 Å². The second-order valence-electron chi connectivity index (χ2n) is 7.09. The Labute approximate surface area is 159 Å². The van der Waals surface area contributed by atoms with Gasteiger partial charge in [0.25, 0.3) is 0 Å². The van der Waals surface area contributed by atoms with E-state index in [1.165, 1.54) is 0 Å². The highest BCUT2D eigenvalue weighted by atomic mass is 16.5. The first kappa shape index (κ1) is 18.9. The minimum absolute atomic E-state index is 0.218. The maximum absolute atomic E-state index is 12.0. The van der Waals surface area contributed by atoms with Crippen molar-refractivity contribution in [2.24, 2.45) is 0 Å². The number of rotatable bonds is 7. The van der Waals surface area contributed by atoms with E-state index in [0.29, 0.717) is 13.2 Å². The van der Waals surface area contributed by atoms with E-state index in [0.717, 1.165) is 28.0 Å². The van der Waals surface area contributed by atoms with Crippen LogP contribution in [0.15, 0.2) is 42.6 Å². The number of hydrogen-bond donors (Lipinski definition) is 0. The highest BCUT2D eigenvalue weighted by Crippen LogP contribution is 2.32. The fraction of sp³-hybridized carbons (Fsp3) is 0.381. The van der Waals surface area contributed by atoms with E-state index in [4.69, 9.17) is 14.6 Å². The zero-order valence-electron chi connectivity index (χ0n) is 16.2. The Balaban J connectivity index is 1.96. The van der Waals surface area contributed by atoms with Crippen LogP contribution in [0.5, 0.6) is 5.75 Å². The van der Waals surface area contributed by atoms with Gasteiger partial charge in [-0.15, -0.1) is 0 Å². The molecule has 0 fully saturated rings. The predicted octanol–water partition coefficient (Wildman–Crippen LogP) is 3.72. The molecule has 0 atom stereocenters. The number of esters is 1. The lowest BCUT2D eigenvalue weighted by Crippen LogP contribution is -2.24. The number of carbonyl (C=O) groups is 1. The molecule has 2 heterocycles. The number of hydrogen-bond acceptors (Lipinski definition) is 5. The van der Waals surface area contributed by atoms with Gasteiger partial charge in [-0.1, -0.05) is 26.0 Å². The van der Waals surface area contributed by atoms with Gasteiger partial charge in [0.05, 0.1) is 32.4 Å². The standard InChI is InChI=1S/C21H25N3O3/c1-5-27-18(25)13-21(2,3)19-17-7-6-12-22-20(17)24(23-19)14-15-8-10-16(26-4)11-9-15/h6-12H,5,13-14H2,1-4H3. The van der Waals surface area contributed by atoms with Crippen LogP contribution >= 0.6 is 0 Å². The van der Waals surface area contributed by atoms with Crippen molar-refractivity contribution >= 4 is 17.0 Å². The van der Waals surface area contributed by atoms with Gasteiger partial charge >= 0.3 is 5.97 Å². The van der Waals surface area contributed by atoms with Gasteiger partial charge in [-0.3, -0.25) is 4.79 Å². The van der Waals surface area contributed by atoms with Crippen LogP contribution in [0.3, 0.4) is 0 Å². The largest absolute Gasteiger partial charge is 0.497 e. The van der Waals surface area contributed by atoms with Gasteiger partial charge in [-0.2, -0.15) is 5.10 Å². The molecule has 1 aromatic carbocycles. The smallest absolute Gasteiger partial charge is 0.306 e. The molecule has 0 unspecified atom stereocenters. The molecule has 6 heteroatoms. The van der Waals surface area contributed by atoms with E-state index < -0.39 is 5.41 Å². The lowest BCUT2D eigenvalue weighted by molar-refractivity contribution is -0.144. The second-order valence-corrected chi connectivity index (χ2v) is 7.09. The molecule has 0 aliphatic carbocycles. The van der Waals surface area contributed by atoms with Gasteiger partial charge < -0.3 is 9.47 Å². The molecule has 0 N–H and O–H groups in total. The SMILES string of the molecule is CCOC(=O)CC(C)(C)c1nn(Cc2ccc(OC)cc2)c2ncccc12. The van der Waals surface area contributed by atoms with E-state index in [1.54, 1.807) is 13.3 Å². The Bertz CT molecular complexity index is 929. The molecule has 3 rings (SSSR count). The molecular weight excluding hydrogens is 342 g/mol. The number of benzene rings is 1. The second kappa shape index (κ2) is 7.78. The van der Waals surface area contributed by atoms with Crippen molar-refractivity contribution in [2.75, 3.05) is 13.7 Å². The number of ether oxygens (including phenoxy) is 2. The normalized spacial score (nSPS) is 11.6. The maximum Gasteiger partial charge on any atom is 0.306 e. The molecular formula is C21H25N3O3. The topological polar surface area (TPSA) is 66.2 Å². The van der Waals surface area contributed by atoms with E-state index in [-0.39, 0.29) is 12.4 Å². The van der Waals surface area contributed by atoms with E-state index in [2.05, 4.69) is 4.98 Å². The maximum atomic E-state index is 12.0. The Hall–Kier alpha value is -2.89. The lowest BCUT2D eigenvalue weighted by Gasteiger charge is -2.21. The number of methoxy groups -OCH3 is 1. The van der Waals surface area contributed by atoms with Crippen LogP contribution in [0.2, 0.25) is 0 Å². The third-order valence-corrected chi connectivity index (χ3v) is 4.53. The number of fused-ring (bicyclic) bond motifs is 1. The molecule has 0 amide bonds. The van der Waals surface area contributed by atoms with Crippen LogP contribution in [0, 0.1) is 0 Å². The summed E-state index contributed by atoms with van der Waals surface area (Å²) in [6.07, 6.45) is 2.03. The van der Waals surface area contributed by atoms with Crippen LogP contribution in [0.1, 0.15) is 38.4 Å². The zero-order valence-corrected chi connectivity index (χ0v) is 16.2. The van der Waals surface area contributed by atoms with Gasteiger partial charge in [0.15, 0.2) is 5.65 Å².